The highest BCUT2D eigenvalue weighted by Crippen LogP contribution is 2.35. The van der Waals surface area contributed by atoms with Crippen LogP contribution in [0.4, 0.5) is 11.4 Å². The van der Waals surface area contributed by atoms with Gasteiger partial charge in [0.2, 0.25) is 11.4 Å². The van der Waals surface area contributed by atoms with Gasteiger partial charge in [-0.2, -0.15) is 9.15 Å². The quantitative estimate of drug-likeness (QED) is 0.0785. The molecule has 0 radical (unpaired) electrons. The van der Waals surface area contributed by atoms with E-state index >= 15 is 0 Å². The molecule has 8 heteroatoms. The molecule has 0 unspecified atom stereocenters. The lowest BCUT2D eigenvalue weighted by molar-refractivity contribution is -0.411. The summed E-state index contributed by atoms with van der Waals surface area (Å²) in [5.74, 6) is 2.55. The zero-order valence-electron chi connectivity index (χ0n) is 24.4. The largest absolute Gasteiger partial charge is 0.325 e. The molecule has 0 bridgehead atoms. The van der Waals surface area contributed by atoms with E-state index in [9.17, 15) is 0 Å². The van der Waals surface area contributed by atoms with Crippen molar-refractivity contribution in [3.05, 3.63) is 143 Å². The van der Waals surface area contributed by atoms with Gasteiger partial charge in [-0.25, -0.2) is 0 Å². The van der Waals surface area contributed by atoms with Gasteiger partial charge in [-0.15, -0.1) is 4.33 Å². The summed E-state index contributed by atoms with van der Waals surface area (Å²) in [7, 11) is 0. The monoisotopic (exact) mass is 654 g/mol. The average Bonchev–Trinajstić information content (AvgIpc) is 3.06. The van der Waals surface area contributed by atoms with E-state index in [0.717, 1.165) is 21.7 Å². The van der Waals surface area contributed by atoms with Gasteiger partial charge < -0.3 is 4.89 Å². The number of thioether (sulfide) groups is 2. The van der Waals surface area contributed by atoms with Gasteiger partial charge in [0.05, 0.1) is 23.2 Å². The molecule has 2 aliphatic rings. The highest BCUT2D eigenvalue weighted by molar-refractivity contribution is 7.99. The summed E-state index contributed by atoms with van der Waals surface area (Å²) in [5, 5.41) is 0.804. The fourth-order valence-electron chi connectivity index (χ4n) is 4.94. The van der Waals surface area contributed by atoms with Crippen molar-refractivity contribution in [3.63, 3.8) is 0 Å². The molecule has 0 aromatic heterocycles. The van der Waals surface area contributed by atoms with Crippen molar-refractivity contribution >= 4 is 71.0 Å². The predicted molar refractivity (Wildman–Crippen MR) is 186 cm³/mol. The Kier molecular flexibility index (Phi) is 10.1. The Morgan fingerprint density at radius 1 is 0.636 bits per heavy atom. The standard InChI is InChI=1S/C21H18NO2S2.C15H13ClNS/c1-16-12-20(26-24-23-19-10-6-3-7-11-19)13-17-14-22(15-25-21(16)17)18-8-4-2-5-9-18;1-11-7-13(16)8-12-9-17(10-18-15(11)12)14-5-3-2-4-6-14/h2-14H,15H2,1H3;2-9H,10H2,1H3/q2*+1. The molecule has 0 fully saturated rings. The molecule has 4 nitrogen and oxygen atoms in total. The molecule has 0 N–H and O–H groups in total. The Labute approximate surface area is 276 Å². The molecule has 2 aliphatic heterocycles. The van der Waals surface area contributed by atoms with E-state index in [4.69, 9.17) is 20.8 Å². The van der Waals surface area contributed by atoms with Crippen LogP contribution in [0.2, 0.25) is 5.02 Å². The number of halogens is 1. The van der Waals surface area contributed by atoms with Crippen LogP contribution in [0.3, 0.4) is 0 Å². The molecule has 220 valence electrons. The topological polar surface area (TPSA) is 24.5 Å². The summed E-state index contributed by atoms with van der Waals surface area (Å²) in [6.07, 6.45) is 4.39. The van der Waals surface area contributed by atoms with E-state index in [2.05, 4.69) is 96.1 Å². The van der Waals surface area contributed by atoms with Gasteiger partial charge in [0.1, 0.15) is 0 Å². The first-order chi connectivity index (χ1) is 21.5. The summed E-state index contributed by atoms with van der Waals surface area (Å²) in [6, 6.07) is 38.7. The summed E-state index contributed by atoms with van der Waals surface area (Å²) >= 11 is 11.1. The normalized spacial score (nSPS) is 13.4. The summed E-state index contributed by atoms with van der Waals surface area (Å²) in [5.41, 5.74) is 7.34. The van der Waals surface area contributed by atoms with E-state index in [1.165, 1.54) is 55.5 Å². The lowest BCUT2D eigenvalue weighted by atomic mass is 10.1. The number of hydrogen-bond acceptors (Lipinski definition) is 5. The molecule has 5 aromatic rings. The Bertz CT molecular complexity index is 1810. The molecule has 2 heterocycles. The first-order valence-electron chi connectivity index (χ1n) is 14.1. The van der Waals surface area contributed by atoms with Gasteiger partial charge in [-0.3, -0.25) is 0 Å². The maximum atomic E-state index is 6.13. The number of aryl methyl sites for hydroxylation is 2. The minimum atomic E-state index is 0.687. The molecule has 0 saturated heterocycles. The third-order valence-electron chi connectivity index (χ3n) is 7.01. The van der Waals surface area contributed by atoms with E-state index in [0.29, 0.717) is 5.75 Å². The van der Waals surface area contributed by atoms with Crippen LogP contribution >= 0.6 is 47.2 Å². The predicted octanol–water partition coefficient (Wildman–Crippen LogP) is 10.3. The maximum Gasteiger partial charge on any atom is 0.205 e. The summed E-state index contributed by atoms with van der Waals surface area (Å²) in [6.45, 7) is 4.25. The Hall–Kier alpha value is -3.46. The number of fused-ring (bicyclic) bond motifs is 2. The van der Waals surface area contributed by atoms with E-state index < -0.39 is 0 Å². The summed E-state index contributed by atoms with van der Waals surface area (Å²) < 4.78 is 9.86. The molecule has 0 aliphatic carbocycles. The Morgan fingerprint density at radius 2 is 1.14 bits per heavy atom. The highest BCUT2D eigenvalue weighted by Gasteiger charge is 2.22. The Balaban J connectivity index is 0.000000167. The van der Waals surface area contributed by atoms with Gasteiger partial charge in [-0.1, -0.05) is 89.7 Å². The van der Waals surface area contributed by atoms with Crippen LogP contribution in [0.5, 0.6) is 5.75 Å². The highest BCUT2D eigenvalue weighted by atomic mass is 35.5. The van der Waals surface area contributed by atoms with Crippen molar-refractivity contribution in [2.45, 2.75) is 28.5 Å². The van der Waals surface area contributed by atoms with Crippen molar-refractivity contribution in [2.75, 3.05) is 11.8 Å². The lowest BCUT2D eigenvalue weighted by Crippen LogP contribution is -2.13. The minimum Gasteiger partial charge on any atom is -0.325 e. The van der Waals surface area contributed by atoms with Gasteiger partial charge in [0, 0.05) is 44.0 Å². The van der Waals surface area contributed by atoms with Crippen molar-refractivity contribution in [1.29, 1.82) is 0 Å². The fourth-order valence-corrected chi connectivity index (χ4v) is 7.93. The number of benzene rings is 5. The van der Waals surface area contributed by atoms with Crippen molar-refractivity contribution in [3.8, 4) is 5.75 Å². The van der Waals surface area contributed by atoms with Gasteiger partial charge in [0.25, 0.3) is 0 Å². The van der Waals surface area contributed by atoms with Crippen LogP contribution in [0.25, 0.3) is 0 Å². The third-order valence-corrected chi connectivity index (χ3v) is 10.3. The van der Waals surface area contributed by atoms with Crippen LogP contribution in [-0.2, 0) is 4.33 Å². The van der Waals surface area contributed by atoms with E-state index in [1.54, 1.807) is 0 Å². The second kappa shape index (κ2) is 14.5. The molecule has 0 atom stereocenters. The second-order valence-electron chi connectivity index (χ2n) is 10.3. The first-order valence-corrected chi connectivity index (χ1v) is 17.2. The van der Waals surface area contributed by atoms with Gasteiger partial charge in [0.15, 0.2) is 29.9 Å². The molecule has 0 spiro atoms. The minimum absolute atomic E-state index is 0.687. The zero-order valence-corrected chi connectivity index (χ0v) is 27.6. The van der Waals surface area contributed by atoms with E-state index in [-0.39, 0.29) is 0 Å². The number of rotatable bonds is 6. The molecular formula is C36H31ClN2O2S3+2. The maximum absolute atomic E-state index is 6.13. The van der Waals surface area contributed by atoms with Crippen LogP contribution in [0, 0.1) is 13.8 Å². The SMILES string of the molecule is Cc1cc(Cl)cc2c1SC[N+](c1ccccc1)=C2.Cc1cc(SOOc2ccccc2)cc2c1SC[N+](c1ccccc1)=C2. The number of para-hydroxylation sites is 3. The van der Waals surface area contributed by atoms with Crippen LogP contribution < -0.4 is 4.89 Å². The third kappa shape index (κ3) is 7.60. The van der Waals surface area contributed by atoms with Gasteiger partial charge in [-0.05, 0) is 61.4 Å². The van der Waals surface area contributed by atoms with Crippen molar-refractivity contribution in [1.82, 2.24) is 0 Å². The van der Waals surface area contributed by atoms with Crippen LogP contribution in [0.1, 0.15) is 22.3 Å². The van der Waals surface area contributed by atoms with E-state index in [1.807, 2.05) is 78.1 Å². The molecule has 5 aromatic carbocycles. The summed E-state index contributed by atoms with van der Waals surface area (Å²) in [4.78, 5) is 9.00. The van der Waals surface area contributed by atoms with Gasteiger partial charge >= 0.3 is 0 Å². The smallest absolute Gasteiger partial charge is 0.205 e. The lowest BCUT2D eigenvalue weighted by Gasteiger charge is -2.15. The van der Waals surface area contributed by atoms with Crippen molar-refractivity contribution in [2.24, 2.45) is 0 Å². The van der Waals surface area contributed by atoms with Crippen LogP contribution in [0.15, 0.2) is 130 Å². The average molecular weight is 655 g/mol. The molecular weight excluding hydrogens is 624 g/mol. The molecule has 0 amide bonds. The van der Waals surface area contributed by atoms with Crippen molar-refractivity contribution < 1.29 is 18.4 Å². The fraction of sp³-hybridized carbons (Fsp3) is 0.111. The first kappa shape index (κ1) is 30.6. The zero-order chi connectivity index (χ0) is 30.3. The van der Waals surface area contributed by atoms with Crippen LogP contribution in [-0.4, -0.2) is 33.3 Å². The second-order valence-corrected chi connectivity index (χ2v) is 13.4. The molecule has 7 rings (SSSR count). The molecule has 44 heavy (non-hydrogen) atoms. The number of hydrogen-bond donors (Lipinski definition) is 0. The Morgan fingerprint density at radius 3 is 1.70 bits per heavy atom. The number of nitrogens with zero attached hydrogens (tertiary/aromatic N) is 2. The molecule has 0 saturated carbocycles.